The number of furan rings is 1. The molecule has 5 rings (SSSR count). The van der Waals surface area contributed by atoms with Gasteiger partial charge in [0.2, 0.25) is 0 Å². The first-order chi connectivity index (χ1) is 11.5. The molecule has 126 valence electrons. The summed E-state index contributed by atoms with van der Waals surface area (Å²) in [5, 5.41) is 4.02. The van der Waals surface area contributed by atoms with Gasteiger partial charge in [-0.05, 0) is 63.0 Å². The molecule has 3 aliphatic rings. The Hall–Kier alpha value is -2.14. The standard InChI is InChI=1S/C19H22N2O3/c1-11-18(13-5-7-21(11)8-6-13)20-19(23)14-3-4-16-15(9-14)10-17(24-16)12(2)22/h3-4,9-11,13,18H,5-8H2,1-2H3,(H,20,23)/t11-,18-/m0/s1. The zero-order valence-electron chi connectivity index (χ0n) is 14.0. The molecule has 0 aliphatic carbocycles. The summed E-state index contributed by atoms with van der Waals surface area (Å²) in [6.45, 7) is 5.97. The number of benzene rings is 1. The van der Waals surface area contributed by atoms with Crippen LogP contribution >= 0.6 is 0 Å². The molecule has 2 atom stereocenters. The number of rotatable bonds is 3. The monoisotopic (exact) mass is 326 g/mol. The Labute approximate surface area is 141 Å². The molecule has 2 aromatic rings. The fraction of sp³-hybridized carbons (Fsp3) is 0.474. The largest absolute Gasteiger partial charge is 0.453 e. The van der Waals surface area contributed by atoms with Crippen molar-refractivity contribution >= 4 is 22.7 Å². The lowest BCUT2D eigenvalue weighted by atomic mass is 9.79. The molecule has 3 aliphatic heterocycles. The number of piperidine rings is 3. The maximum absolute atomic E-state index is 12.7. The van der Waals surface area contributed by atoms with Gasteiger partial charge < -0.3 is 9.73 Å². The molecule has 2 bridgehead atoms. The summed E-state index contributed by atoms with van der Waals surface area (Å²) in [6.07, 6.45) is 2.33. The van der Waals surface area contributed by atoms with Crippen LogP contribution in [0.4, 0.5) is 0 Å². The number of fused-ring (bicyclic) bond motifs is 4. The maximum atomic E-state index is 12.7. The molecule has 0 radical (unpaired) electrons. The number of carbonyl (C=O) groups is 2. The molecule has 0 unspecified atom stereocenters. The molecular formula is C19H22N2O3. The normalized spacial score (nSPS) is 28.9. The van der Waals surface area contributed by atoms with Gasteiger partial charge >= 0.3 is 0 Å². The van der Waals surface area contributed by atoms with E-state index >= 15 is 0 Å². The Morgan fingerprint density at radius 3 is 2.62 bits per heavy atom. The molecule has 3 saturated heterocycles. The number of nitrogens with one attached hydrogen (secondary N) is 1. The van der Waals surface area contributed by atoms with Crippen LogP contribution in [-0.2, 0) is 0 Å². The van der Waals surface area contributed by atoms with Crippen LogP contribution in [0, 0.1) is 5.92 Å². The lowest BCUT2D eigenvalue weighted by Crippen LogP contribution is -2.62. The van der Waals surface area contributed by atoms with Gasteiger partial charge in [0.25, 0.3) is 5.91 Å². The van der Waals surface area contributed by atoms with E-state index in [0.29, 0.717) is 28.9 Å². The molecule has 1 amide bonds. The van der Waals surface area contributed by atoms with Crippen molar-refractivity contribution in [3.63, 3.8) is 0 Å². The van der Waals surface area contributed by atoms with E-state index in [4.69, 9.17) is 4.42 Å². The van der Waals surface area contributed by atoms with Crippen LogP contribution in [0.5, 0.6) is 0 Å². The summed E-state index contributed by atoms with van der Waals surface area (Å²) in [7, 11) is 0. The molecule has 24 heavy (non-hydrogen) atoms. The minimum atomic E-state index is -0.113. The van der Waals surface area contributed by atoms with Crippen molar-refractivity contribution in [3.8, 4) is 0 Å². The fourth-order valence-electron chi connectivity index (χ4n) is 4.14. The van der Waals surface area contributed by atoms with E-state index in [1.54, 1.807) is 24.3 Å². The molecule has 4 heterocycles. The minimum absolute atomic E-state index is 0.0481. The summed E-state index contributed by atoms with van der Waals surface area (Å²) in [6, 6.07) is 7.63. The predicted octanol–water partition coefficient (Wildman–Crippen LogP) is 2.85. The van der Waals surface area contributed by atoms with Crippen LogP contribution in [0.25, 0.3) is 11.0 Å². The summed E-state index contributed by atoms with van der Waals surface area (Å²) in [4.78, 5) is 26.6. The van der Waals surface area contributed by atoms with Gasteiger partial charge in [0, 0.05) is 30.0 Å². The minimum Gasteiger partial charge on any atom is -0.453 e. The van der Waals surface area contributed by atoms with Gasteiger partial charge in [-0.25, -0.2) is 0 Å². The third-order valence-electron chi connectivity index (χ3n) is 5.60. The summed E-state index contributed by atoms with van der Waals surface area (Å²) >= 11 is 0. The molecule has 1 N–H and O–H groups in total. The van der Waals surface area contributed by atoms with E-state index in [0.717, 1.165) is 31.3 Å². The van der Waals surface area contributed by atoms with Crippen molar-refractivity contribution in [1.82, 2.24) is 10.2 Å². The summed E-state index contributed by atoms with van der Waals surface area (Å²) in [5.74, 6) is 0.746. The Morgan fingerprint density at radius 2 is 1.96 bits per heavy atom. The number of hydrogen-bond acceptors (Lipinski definition) is 4. The Bertz CT molecular complexity index is 800. The highest BCUT2D eigenvalue weighted by Crippen LogP contribution is 2.32. The number of ketones is 1. The first kappa shape index (κ1) is 15.4. The number of carbonyl (C=O) groups excluding carboxylic acids is 2. The van der Waals surface area contributed by atoms with Gasteiger partial charge in [0.1, 0.15) is 5.58 Å². The summed E-state index contributed by atoms with van der Waals surface area (Å²) in [5.41, 5.74) is 1.25. The van der Waals surface area contributed by atoms with Crippen molar-refractivity contribution in [2.45, 2.75) is 38.8 Å². The Kier molecular flexibility index (Phi) is 3.68. The van der Waals surface area contributed by atoms with E-state index in [2.05, 4.69) is 17.1 Å². The second-order valence-corrected chi connectivity index (χ2v) is 7.03. The Balaban J connectivity index is 1.56. The van der Waals surface area contributed by atoms with Crippen LogP contribution in [0.2, 0.25) is 0 Å². The SMILES string of the molecule is CC(=O)c1cc2cc(C(=O)N[C@@H]3C4CCN(CC4)[C@H]3C)ccc2o1. The van der Waals surface area contributed by atoms with Gasteiger partial charge in [-0.1, -0.05) is 0 Å². The van der Waals surface area contributed by atoms with Gasteiger partial charge in [-0.3, -0.25) is 14.5 Å². The molecular weight excluding hydrogens is 304 g/mol. The van der Waals surface area contributed by atoms with E-state index in [1.807, 2.05) is 0 Å². The fourth-order valence-corrected chi connectivity index (χ4v) is 4.14. The molecule has 3 fully saturated rings. The number of hydrogen-bond donors (Lipinski definition) is 1. The number of amides is 1. The quantitative estimate of drug-likeness (QED) is 0.881. The highest BCUT2D eigenvalue weighted by molar-refractivity contribution is 6.00. The van der Waals surface area contributed by atoms with Gasteiger partial charge in [-0.15, -0.1) is 0 Å². The molecule has 0 saturated carbocycles. The third-order valence-corrected chi connectivity index (χ3v) is 5.60. The van der Waals surface area contributed by atoms with Crippen LogP contribution in [0.1, 0.15) is 47.6 Å². The molecule has 1 aromatic heterocycles. The zero-order chi connectivity index (χ0) is 16.8. The van der Waals surface area contributed by atoms with Crippen LogP contribution < -0.4 is 5.32 Å². The topological polar surface area (TPSA) is 62.6 Å². The van der Waals surface area contributed by atoms with Crippen LogP contribution in [-0.4, -0.2) is 41.8 Å². The first-order valence-corrected chi connectivity index (χ1v) is 8.62. The van der Waals surface area contributed by atoms with Crippen molar-refractivity contribution in [1.29, 1.82) is 0 Å². The third kappa shape index (κ3) is 2.53. The number of nitrogens with zero attached hydrogens (tertiary/aromatic N) is 1. The number of Topliss-reactive ketones (excluding diaryl/α,β-unsaturated/α-hetero) is 1. The first-order valence-electron chi connectivity index (χ1n) is 8.62. The van der Waals surface area contributed by atoms with Gasteiger partial charge in [-0.2, -0.15) is 0 Å². The summed E-state index contributed by atoms with van der Waals surface area (Å²) < 4.78 is 5.48. The average Bonchev–Trinajstić information content (AvgIpc) is 3.02. The highest BCUT2D eigenvalue weighted by atomic mass is 16.3. The smallest absolute Gasteiger partial charge is 0.251 e. The lowest BCUT2D eigenvalue weighted by molar-refractivity contribution is 0.0217. The lowest BCUT2D eigenvalue weighted by Gasteiger charge is -2.49. The molecule has 5 nitrogen and oxygen atoms in total. The molecule has 5 heteroatoms. The van der Waals surface area contributed by atoms with E-state index in [-0.39, 0.29) is 17.7 Å². The van der Waals surface area contributed by atoms with Crippen LogP contribution in [0.15, 0.2) is 28.7 Å². The van der Waals surface area contributed by atoms with Crippen molar-refractivity contribution in [2.24, 2.45) is 5.92 Å². The van der Waals surface area contributed by atoms with E-state index < -0.39 is 0 Å². The predicted molar refractivity (Wildman–Crippen MR) is 91.2 cm³/mol. The van der Waals surface area contributed by atoms with Crippen molar-refractivity contribution < 1.29 is 14.0 Å². The second-order valence-electron chi connectivity index (χ2n) is 7.03. The molecule has 0 spiro atoms. The van der Waals surface area contributed by atoms with Gasteiger partial charge in [0.05, 0.1) is 0 Å². The van der Waals surface area contributed by atoms with Crippen LogP contribution in [0.3, 0.4) is 0 Å². The van der Waals surface area contributed by atoms with E-state index in [1.165, 1.54) is 6.92 Å². The average molecular weight is 326 g/mol. The second kappa shape index (κ2) is 5.74. The maximum Gasteiger partial charge on any atom is 0.251 e. The van der Waals surface area contributed by atoms with Gasteiger partial charge in [0.15, 0.2) is 11.5 Å². The highest BCUT2D eigenvalue weighted by Gasteiger charge is 2.40. The molecule has 1 aromatic carbocycles. The van der Waals surface area contributed by atoms with Crippen molar-refractivity contribution in [3.05, 3.63) is 35.6 Å². The van der Waals surface area contributed by atoms with Crippen molar-refractivity contribution in [2.75, 3.05) is 13.1 Å². The Morgan fingerprint density at radius 1 is 1.21 bits per heavy atom. The van der Waals surface area contributed by atoms with E-state index in [9.17, 15) is 9.59 Å². The zero-order valence-corrected chi connectivity index (χ0v) is 14.0.